The van der Waals surface area contributed by atoms with Crippen LogP contribution in [0.3, 0.4) is 0 Å². The van der Waals surface area contributed by atoms with Gasteiger partial charge in [-0.2, -0.15) is 0 Å². The molecule has 1 aliphatic rings. The first-order valence-corrected chi connectivity index (χ1v) is 4.13. The highest BCUT2D eigenvalue weighted by atomic mass is 16.1. The molecule has 0 saturated heterocycles. The molecule has 3 heteroatoms. The molecule has 0 atom stereocenters. The Hall–Kier alpha value is -1.25. The number of hydrogen-bond acceptors (Lipinski definition) is 3. The molecule has 0 unspecified atom stereocenters. The number of aromatic nitrogens is 2. The lowest BCUT2D eigenvalue weighted by atomic mass is 10.2. The Morgan fingerprint density at radius 2 is 2.33 bits per heavy atom. The second-order valence-corrected chi connectivity index (χ2v) is 3.08. The van der Waals surface area contributed by atoms with Gasteiger partial charge in [0.1, 0.15) is 0 Å². The van der Waals surface area contributed by atoms with Gasteiger partial charge >= 0.3 is 0 Å². The molecule has 62 valence electrons. The van der Waals surface area contributed by atoms with Gasteiger partial charge in [0, 0.05) is 18.8 Å². The first-order chi connectivity index (χ1) is 5.77. The Balaban J connectivity index is 2.45. The zero-order valence-electron chi connectivity index (χ0n) is 7.00. The van der Waals surface area contributed by atoms with Crippen LogP contribution >= 0.6 is 0 Å². The average molecular weight is 162 g/mol. The van der Waals surface area contributed by atoms with E-state index in [1.165, 1.54) is 12.5 Å². The van der Waals surface area contributed by atoms with Gasteiger partial charge in [-0.15, -0.1) is 0 Å². The summed E-state index contributed by atoms with van der Waals surface area (Å²) in [6.07, 6.45) is 4.99. The quantitative estimate of drug-likeness (QED) is 0.582. The third kappa shape index (κ3) is 1.11. The number of rotatable bonds is 1. The maximum atomic E-state index is 10.9. The molecule has 0 N–H and O–H groups in total. The van der Waals surface area contributed by atoms with Crippen molar-refractivity contribution in [2.24, 2.45) is 0 Å². The number of fused-ring (bicyclic) bond motifs is 1. The minimum atomic E-state index is -0.0512. The van der Waals surface area contributed by atoms with Crippen molar-refractivity contribution in [3.8, 4) is 0 Å². The van der Waals surface area contributed by atoms with Crippen LogP contribution in [-0.2, 0) is 12.8 Å². The summed E-state index contributed by atoms with van der Waals surface area (Å²) < 4.78 is 0. The molecular weight excluding hydrogens is 152 g/mol. The largest absolute Gasteiger partial charge is 0.291 e. The predicted molar refractivity (Wildman–Crippen MR) is 44.1 cm³/mol. The standard InChI is InChI=1S/C9H10N2O/c1-6(12)9-10-5-7-3-2-4-8(7)11-9/h5H,2-4H2,1H3. The Bertz CT molecular complexity index is 333. The molecule has 0 spiro atoms. The van der Waals surface area contributed by atoms with E-state index in [4.69, 9.17) is 0 Å². The third-order valence-corrected chi connectivity index (χ3v) is 2.13. The fourth-order valence-electron chi connectivity index (χ4n) is 1.48. The molecule has 1 aromatic rings. The molecule has 1 heterocycles. The van der Waals surface area contributed by atoms with Gasteiger partial charge in [0.2, 0.25) is 0 Å². The molecule has 0 amide bonds. The van der Waals surface area contributed by atoms with Gasteiger partial charge in [-0.3, -0.25) is 4.79 Å². The maximum Gasteiger partial charge on any atom is 0.196 e. The van der Waals surface area contributed by atoms with Gasteiger partial charge in [0.15, 0.2) is 11.6 Å². The zero-order valence-corrected chi connectivity index (χ0v) is 7.00. The van der Waals surface area contributed by atoms with E-state index in [0.717, 1.165) is 25.0 Å². The minimum absolute atomic E-state index is 0.0512. The van der Waals surface area contributed by atoms with Gasteiger partial charge in [-0.05, 0) is 24.8 Å². The second-order valence-electron chi connectivity index (χ2n) is 3.08. The van der Waals surface area contributed by atoms with Crippen molar-refractivity contribution in [2.45, 2.75) is 26.2 Å². The van der Waals surface area contributed by atoms with Crippen molar-refractivity contribution in [2.75, 3.05) is 0 Å². The number of carbonyl (C=O) groups is 1. The maximum absolute atomic E-state index is 10.9. The zero-order chi connectivity index (χ0) is 8.55. The van der Waals surface area contributed by atoms with E-state index >= 15 is 0 Å². The summed E-state index contributed by atoms with van der Waals surface area (Å²) in [6.45, 7) is 1.50. The van der Waals surface area contributed by atoms with E-state index in [9.17, 15) is 4.79 Å². The molecule has 0 aromatic carbocycles. The van der Waals surface area contributed by atoms with Gasteiger partial charge < -0.3 is 0 Å². The van der Waals surface area contributed by atoms with Crippen molar-refractivity contribution in [1.29, 1.82) is 0 Å². The summed E-state index contributed by atoms with van der Waals surface area (Å²) in [4.78, 5) is 19.1. The molecule has 1 aromatic heterocycles. The first-order valence-electron chi connectivity index (χ1n) is 4.13. The van der Waals surface area contributed by atoms with Crippen LogP contribution in [0.4, 0.5) is 0 Å². The van der Waals surface area contributed by atoms with Gasteiger partial charge in [-0.25, -0.2) is 9.97 Å². The fourth-order valence-corrected chi connectivity index (χ4v) is 1.48. The molecule has 1 aliphatic carbocycles. The monoisotopic (exact) mass is 162 g/mol. The molecule has 0 aliphatic heterocycles. The topological polar surface area (TPSA) is 42.9 Å². The number of nitrogens with zero attached hydrogens (tertiary/aromatic N) is 2. The Kier molecular flexibility index (Phi) is 1.64. The third-order valence-electron chi connectivity index (χ3n) is 2.13. The van der Waals surface area contributed by atoms with Crippen molar-refractivity contribution in [1.82, 2.24) is 9.97 Å². The van der Waals surface area contributed by atoms with E-state index in [2.05, 4.69) is 9.97 Å². The van der Waals surface area contributed by atoms with Gasteiger partial charge in [-0.1, -0.05) is 0 Å². The van der Waals surface area contributed by atoms with Crippen molar-refractivity contribution < 1.29 is 4.79 Å². The number of hydrogen-bond donors (Lipinski definition) is 0. The molecule has 0 fully saturated rings. The van der Waals surface area contributed by atoms with Crippen LogP contribution in [0, 0.1) is 0 Å². The smallest absolute Gasteiger partial charge is 0.196 e. The lowest BCUT2D eigenvalue weighted by Gasteiger charge is -1.98. The summed E-state index contributed by atoms with van der Waals surface area (Å²) in [7, 11) is 0. The number of aryl methyl sites for hydroxylation is 2. The lowest BCUT2D eigenvalue weighted by molar-refractivity contribution is 0.100. The summed E-state index contributed by atoms with van der Waals surface area (Å²) in [5.41, 5.74) is 2.27. The Labute approximate surface area is 70.9 Å². The van der Waals surface area contributed by atoms with Crippen molar-refractivity contribution in [3.05, 3.63) is 23.3 Å². The normalized spacial score (nSPS) is 14.4. The molecule has 3 nitrogen and oxygen atoms in total. The van der Waals surface area contributed by atoms with Crippen LogP contribution in [0.15, 0.2) is 6.20 Å². The number of Topliss-reactive ketones (excluding diaryl/α,β-unsaturated/α-hetero) is 1. The SMILES string of the molecule is CC(=O)c1ncc2c(n1)CCC2. The molecule has 2 rings (SSSR count). The van der Waals surface area contributed by atoms with Crippen LogP contribution in [0.2, 0.25) is 0 Å². The second kappa shape index (κ2) is 2.66. The van der Waals surface area contributed by atoms with Crippen molar-refractivity contribution >= 4 is 5.78 Å². The first kappa shape index (κ1) is 7.40. The van der Waals surface area contributed by atoms with Gasteiger partial charge in [0.05, 0.1) is 0 Å². The summed E-state index contributed by atoms with van der Waals surface area (Å²) in [5, 5.41) is 0. The van der Waals surface area contributed by atoms with Gasteiger partial charge in [0.25, 0.3) is 0 Å². The summed E-state index contributed by atoms with van der Waals surface area (Å²) in [6, 6.07) is 0. The van der Waals surface area contributed by atoms with Crippen LogP contribution in [0.25, 0.3) is 0 Å². The Morgan fingerprint density at radius 3 is 3.08 bits per heavy atom. The van der Waals surface area contributed by atoms with E-state index in [1.807, 2.05) is 0 Å². The molecule has 0 radical (unpaired) electrons. The van der Waals surface area contributed by atoms with Crippen molar-refractivity contribution in [3.63, 3.8) is 0 Å². The molecular formula is C9H10N2O. The summed E-state index contributed by atoms with van der Waals surface area (Å²) >= 11 is 0. The van der Waals surface area contributed by atoms with E-state index < -0.39 is 0 Å². The van der Waals surface area contributed by atoms with E-state index in [0.29, 0.717) is 5.82 Å². The summed E-state index contributed by atoms with van der Waals surface area (Å²) in [5.74, 6) is 0.306. The Morgan fingerprint density at radius 1 is 1.50 bits per heavy atom. The van der Waals surface area contributed by atoms with Crippen LogP contribution in [0.5, 0.6) is 0 Å². The highest BCUT2D eigenvalue weighted by molar-refractivity contribution is 5.90. The highest BCUT2D eigenvalue weighted by Gasteiger charge is 2.14. The average Bonchev–Trinajstić information content (AvgIpc) is 2.49. The number of ketones is 1. The van der Waals surface area contributed by atoms with Crippen LogP contribution < -0.4 is 0 Å². The molecule has 0 bridgehead atoms. The van der Waals surface area contributed by atoms with E-state index in [1.54, 1.807) is 6.20 Å². The molecule has 0 saturated carbocycles. The van der Waals surface area contributed by atoms with E-state index in [-0.39, 0.29) is 5.78 Å². The predicted octanol–water partition coefficient (Wildman–Crippen LogP) is 1.17. The van der Waals surface area contributed by atoms with Crippen LogP contribution in [-0.4, -0.2) is 15.8 Å². The minimum Gasteiger partial charge on any atom is -0.291 e. The number of carbonyl (C=O) groups excluding carboxylic acids is 1. The molecule has 12 heavy (non-hydrogen) atoms. The van der Waals surface area contributed by atoms with Crippen LogP contribution in [0.1, 0.15) is 35.2 Å². The highest BCUT2D eigenvalue weighted by Crippen LogP contribution is 2.18. The lowest BCUT2D eigenvalue weighted by Crippen LogP contribution is -2.03. The fraction of sp³-hybridized carbons (Fsp3) is 0.444.